The molecule has 1 saturated heterocycles. The number of hydrogen-bond donors (Lipinski definition) is 1. The van der Waals surface area contributed by atoms with Crippen molar-refractivity contribution in [1.82, 2.24) is 15.1 Å². The third kappa shape index (κ3) is 6.43. The molecule has 0 unspecified atom stereocenters. The molecule has 2 aromatic rings. The lowest BCUT2D eigenvalue weighted by atomic mass is 10.0. The first-order chi connectivity index (χ1) is 13.6. The van der Waals surface area contributed by atoms with Crippen molar-refractivity contribution in [2.24, 2.45) is 0 Å². The molecule has 0 spiro atoms. The highest BCUT2D eigenvalue weighted by atomic mass is 35.5. The molecule has 28 heavy (non-hydrogen) atoms. The molecule has 1 heterocycles. The molecule has 0 aromatic heterocycles. The van der Waals surface area contributed by atoms with Crippen LogP contribution in [-0.4, -0.2) is 55.2 Å². The van der Waals surface area contributed by atoms with Crippen LogP contribution in [0.5, 0.6) is 5.75 Å². The van der Waals surface area contributed by atoms with E-state index in [0.29, 0.717) is 13.2 Å². The number of halogens is 1. The molecule has 2 aromatic carbocycles. The highest BCUT2D eigenvalue weighted by molar-refractivity contribution is 6.30. The summed E-state index contributed by atoms with van der Waals surface area (Å²) in [5, 5.41) is 3.91. The molecule has 0 radical (unpaired) electrons. The van der Waals surface area contributed by atoms with Crippen molar-refractivity contribution in [3.8, 4) is 5.75 Å². The SMILES string of the molecule is CN(CCOc1ccccc1)C(=O)NC1CCN(Cc2ccc(Cl)cc2)CC1. The molecule has 1 N–H and O–H groups in total. The number of carbonyl (C=O) groups excluding carboxylic acids is 1. The van der Waals surface area contributed by atoms with E-state index in [1.807, 2.05) is 42.5 Å². The second kappa shape index (κ2) is 10.3. The normalized spacial score (nSPS) is 15.2. The van der Waals surface area contributed by atoms with E-state index in [-0.39, 0.29) is 12.1 Å². The number of amides is 2. The molecule has 1 fully saturated rings. The highest BCUT2D eigenvalue weighted by Gasteiger charge is 2.22. The van der Waals surface area contributed by atoms with Crippen molar-refractivity contribution in [3.63, 3.8) is 0 Å². The molecule has 5 nitrogen and oxygen atoms in total. The number of nitrogens with zero attached hydrogens (tertiary/aromatic N) is 2. The summed E-state index contributed by atoms with van der Waals surface area (Å²) >= 11 is 5.94. The van der Waals surface area contributed by atoms with E-state index in [0.717, 1.165) is 43.2 Å². The minimum Gasteiger partial charge on any atom is -0.492 e. The number of piperidine rings is 1. The molecule has 1 aliphatic heterocycles. The van der Waals surface area contributed by atoms with E-state index < -0.39 is 0 Å². The average molecular weight is 402 g/mol. The van der Waals surface area contributed by atoms with Crippen LogP contribution in [0.4, 0.5) is 4.79 Å². The van der Waals surface area contributed by atoms with Crippen molar-refractivity contribution in [3.05, 3.63) is 65.2 Å². The van der Waals surface area contributed by atoms with Gasteiger partial charge in [-0.25, -0.2) is 4.79 Å². The maximum atomic E-state index is 12.4. The van der Waals surface area contributed by atoms with Crippen LogP contribution in [0.2, 0.25) is 5.02 Å². The van der Waals surface area contributed by atoms with Gasteiger partial charge in [0.1, 0.15) is 12.4 Å². The van der Waals surface area contributed by atoms with Crippen LogP contribution >= 0.6 is 11.6 Å². The monoisotopic (exact) mass is 401 g/mol. The van der Waals surface area contributed by atoms with Crippen LogP contribution in [0, 0.1) is 0 Å². The predicted molar refractivity (Wildman–Crippen MR) is 113 cm³/mol. The van der Waals surface area contributed by atoms with Crippen LogP contribution in [0.3, 0.4) is 0 Å². The second-order valence-corrected chi connectivity index (χ2v) is 7.65. The first kappa shape index (κ1) is 20.5. The first-order valence-corrected chi connectivity index (χ1v) is 10.1. The molecule has 3 rings (SSSR count). The number of para-hydroxylation sites is 1. The molecule has 0 saturated carbocycles. The van der Waals surface area contributed by atoms with Gasteiger partial charge in [0.05, 0.1) is 6.54 Å². The standard InChI is InChI=1S/C22H28ClN3O2/c1-25(15-16-28-21-5-3-2-4-6-21)22(27)24-20-11-13-26(14-12-20)17-18-7-9-19(23)10-8-18/h2-10,20H,11-17H2,1H3,(H,24,27). The average Bonchev–Trinajstić information content (AvgIpc) is 2.72. The Balaban J connectivity index is 1.34. The molecular weight excluding hydrogens is 374 g/mol. The lowest BCUT2D eigenvalue weighted by Gasteiger charge is -2.33. The Hall–Kier alpha value is -2.24. The van der Waals surface area contributed by atoms with Crippen molar-refractivity contribution in [2.45, 2.75) is 25.4 Å². The lowest BCUT2D eigenvalue weighted by Crippen LogP contribution is -2.48. The van der Waals surface area contributed by atoms with E-state index in [9.17, 15) is 4.79 Å². The Morgan fingerprint density at radius 1 is 1.14 bits per heavy atom. The zero-order valence-corrected chi connectivity index (χ0v) is 17.1. The molecule has 0 atom stereocenters. The van der Waals surface area contributed by atoms with E-state index in [1.54, 1.807) is 11.9 Å². The second-order valence-electron chi connectivity index (χ2n) is 7.21. The Morgan fingerprint density at radius 3 is 2.50 bits per heavy atom. The van der Waals surface area contributed by atoms with Crippen LogP contribution in [0.1, 0.15) is 18.4 Å². The third-order valence-corrected chi connectivity index (χ3v) is 5.27. The fourth-order valence-electron chi connectivity index (χ4n) is 3.29. The summed E-state index contributed by atoms with van der Waals surface area (Å²) in [6, 6.07) is 17.9. The minimum absolute atomic E-state index is 0.0344. The van der Waals surface area contributed by atoms with E-state index in [2.05, 4.69) is 22.3 Å². The molecular formula is C22H28ClN3O2. The van der Waals surface area contributed by atoms with Crippen molar-refractivity contribution in [2.75, 3.05) is 33.3 Å². The number of hydrogen-bond acceptors (Lipinski definition) is 3. The summed E-state index contributed by atoms with van der Waals surface area (Å²) in [6.45, 7) is 3.92. The van der Waals surface area contributed by atoms with E-state index in [1.165, 1.54) is 5.56 Å². The van der Waals surface area contributed by atoms with Crippen molar-refractivity contribution < 1.29 is 9.53 Å². The van der Waals surface area contributed by atoms with Gasteiger partial charge >= 0.3 is 6.03 Å². The van der Waals surface area contributed by atoms with Gasteiger partial charge < -0.3 is 15.0 Å². The van der Waals surface area contributed by atoms with Gasteiger partial charge in [0.25, 0.3) is 0 Å². The largest absolute Gasteiger partial charge is 0.492 e. The topological polar surface area (TPSA) is 44.8 Å². The third-order valence-electron chi connectivity index (χ3n) is 5.02. The van der Waals surface area contributed by atoms with Crippen LogP contribution in [0.15, 0.2) is 54.6 Å². The number of likely N-dealkylation sites (N-methyl/N-ethyl adjacent to an activating group) is 1. The van der Waals surface area contributed by atoms with Gasteiger partial charge in [0.15, 0.2) is 0 Å². The minimum atomic E-state index is -0.0344. The lowest BCUT2D eigenvalue weighted by molar-refractivity contribution is 0.169. The smallest absolute Gasteiger partial charge is 0.317 e. The van der Waals surface area contributed by atoms with Gasteiger partial charge in [-0.1, -0.05) is 41.9 Å². The van der Waals surface area contributed by atoms with Crippen LogP contribution in [-0.2, 0) is 6.54 Å². The molecule has 0 bridgehead atoms. The van der Waals surface area contributed by atoms with Crippen molar-refractivity contribution in [1.29, 1.82) is 0 Å². The predicted octanol–water partition coefficient (Wildman–Crippen LogP) is 4.02. The Bertz CT molecular complexity index is 731. The summed E-state index contributed by atoms with van der Waals surface area (Å²) in [5.74, 6) is 0.823. The number of ether oxygens (including phenoxy) is 1. The number of nitrogens with one attached hydrogen (secondary N) is 1. The summed E-state index contributed by atoms with van der Waals surface area (Å²) in [4.78, 5) is 16.5. The maximum absolute atomic E-state index is 12.4. The quantitative estimate of drug-likeness (QED) is 0.761. The summed E-state index contributed by atoms with van der Waals surface area (Å²) in [5.41, 5.74) is 1.27. The van der Waals surface area contributed by atoms with Gasteiger partial charge in [0, 0.05) is 37.7 Å². The number of likely N-dealkylation sites (tertiary alicyclic amines) is 1. The number of rotatable bonds is 7. The molecule has 6 heteroatoms. The fourth-order valence-corrected chi connectivity index (χ4v) is 3.41. The van der Waals surface area contributed by atoms with Gasteiger partial charge in [-0.15, -0.1) is 0 Å². The van der Waals surface area contributed by atoms with Crippen molar-refractivity contribution >= 4 is 17.6 Å². The van der Waals surface area contributed by atoms with E-state index >= 15 is 0 Å². The highest BCUT2D eigenvalue weighted by Crippen LogP contribution is 2.16. The molecule has 0 aliphatic carbocycles. The number of benzene rings is 2. The van der Waals surface area contributed by atoms with Gasteiger partial charge in [-0.3, -0.25) is 4.90 Å². The maximum Gasteiger partial charge on any atom is 0.317 e. The zero-order chi connectivity index (χ0) is 19.8. The van der Waals surface area contributed by atoms with Crippen LogP contribution in [0.25, 0.3) is 0 Å². The molecule has 2 amide bonds. The number of carbonyl (C=O) groups is 1. The Kier molecular flexibility index (Phi) is 7.57. The summed E-state index contributed by atoms with van der Waals surface area (Å²) in [7, 11) is 1.80. The van der Waals surface area contributed by atoms with Crippen LogP contribution < -0.4 is 10.1 Å². The molecule has 1 aliphatic rings. The molecule has 150 valence electrons. The number of urea groups is 1. The Morgan fingerprint density at radius 2 is 1.82 bits per heavy atom. The summed E-state index contributed by atoms with van der Waals surface area (Å²) in [6.07, 6.45) is 1.93. The zero-order valence-electron chi connectivity index (χ0n) is 16.3. The first-order valence-electron chi connectivity index (χ1n) is 9.76. The van der Waals surface area contributed by atoms with Gasteiger partial charge in [-0.2, -0.15) is 0 Å². The van der Waals surface area contributed by atoms with E-state index in [4.69, 9.17) is 16.3 Å². The van der Waals surface area contributed by atoms with Gasteiger partial charge in [0.2, 0.25) is 0 Å². The summed E-state index contributed by atoms with van der Waals surface area (Å²) < 4.78 is 5.66. The fraction of sp³-hybridized carbons (Fsp3) is 0.409. The van der Waals surface area contributed by atoms with Gasteiger partial charge in [-0.05, 0) is 42.7 Å². The Labute approximate surface area is 172 Å².